The van der Waals surface area contributed by atoms with E-state index in [1.165, 1.54) is 0 Å². The molecular formula is C16H15F13NO2P. The van der Waals surface area contributed by atoms with Crippen molar-refractivity contribution in [2.24, 2.45) is 0 Å². The Morgan fingerprint density at radius 3 is 1.21 bits per heavy atom. The van der Waals surface area contributed by atoms with Gasteiger partial charge < -0.3 is 0 Å². The van der Waals surface area contributed by atoms with Crippen LogP contribution in [0.4, 0.5) is 56.9 Å². The first-order valence-electron chi connectivity index (χ1n) is 8.84. The molecule has 1 aromatic carbocycles. The third kappa shape index (κ3) is 3.42. The summed E-state index contributed by atoms with van der Waals surface area (Å²) in [6.07, 6.45) is -30.0. The van der Waals surface area contributed by atoms with E-state index in [9.17, 15) is 52.7 Å². The van der Waals surface area contributed by atoms with Gasteiger partial charge in [-0.25, -0.2) is 0 Å². The van der Waals surface area contributed by atoms with E-state index in [4.69, 9.17) is 0 Å². The zero-order valence-electron chi connectivity index (χ0n) is 16.4. The van der Waals surface area contributed by atoms with E-state index in [2.05, 4.69) is 9.05 Å². The van der Waals surface area contributed by atoms with Crippen molar-refractivity contribution in [3.05, 3.63) is 30.3 Å². The summed E-state index contributed by atoms with van der Waals surface area (Å²) in [5.74, 6) is 0. The van der Waals surface area contributed by atoms with Crippen LogP contribution >= 0.6 is 7.52 Å². The minimum atomic E-state index is -7.92. The maximum atomic E-state index is 16.8. The normalized spacial score (nSPS) is 23.8. The van der Waals surface area contributed by atoms with Crippen molar-refractivity contribution < 1.29 is 65.9 Å². The Kier molecular flexibility index (Phi) is 6.38. The molecule has 17 heteroatoms. The first-order chi connectivity index (χ1) is 14.6. The Morgan fingerprint density at radius 1 is 0.667 bits per heavy atom. The van der Waals surface area contributed by atoms with Crippen LogP contribution in [0.1, 0.15) is 13.8 Å². The predicted octanol–water partition coefficient (Wildman–Crippen LogP) is 6.61. The molecule has 1 aliphatic rings. The Hall–Kier alpha value is -1.38. The number of benzene rings is 1. The van der Waals surface area contributed by atoms with E-state index in [1.54, 1.807) is 0 Å². The SMILES string of the molecule is CCN(CC)P1(F)(c2ccccc2)OC(C(F)(F)F)(C(F)(F)F)C(C(F)(F)F)(C(F)(F)F)O1. The fourth-order valence-electron chi connectivity index (χ4n) is 3.71. The quantitative estimate of drug-likeness (QED) is 0.323. The minimum absolute atomic E-state index is 0.160. The van der Waals surface area contributed by atoms with Gasteiger partial charge in [0.2, 0.25) is 0 Å². The fraction of sp³-hybridized carbons (Fsp3) is 0.625. The van der Waals surface area contributed by atoms with Gasteiger partial charge in [0, 0.05) is 0 Å². The van der Waals surface area contributed by atoms with Gasteiger partial charge in [-0.3, -0.25) is 0 Å². The zero-order valence-corrected chi connectivity index (χ0v) is 17.3. The molecule has 0 amide bonds. The molecular weight excluding hydrogens is 516 g/mol. The van der Waals surface area contributed by atoms with Crippen LogP contribution in [0, 0.1) is 0 Å². The van der Waals surface area contributed by atoms with Gasteiger partial charge in [0.05, 0.1) is 0 Å². The molecule has 2 rings (SSSR count). The summed E-state index contributed by atoms with van der Waals surface area (Å²) in [6.45, 7) is -0.205. The number of halogens is 13. The Morgan fingerprint density at radius 2 is 0.970 bits per heavy atom. The van der Waals surface area contributed by atoms with E-state index < -0.39 is 61.8 Å². The van der Waals surface area contributed by atoms with Gasteiger partial charge in [-0.15, -0.1) is 0 Å². The van der Waals surface area contributed by atoms with Crippen molar-refractivity contribution in [2.75, 3.05) is 13.1 Å². The van der Waals surface area contributed by atoms with Gasteiger partial charge in [0.25, 0.3) is 0 Å². The molecule has 0 bridgehead atoms. The van der Waals surface area contributed by atoms with Gasteiger partial charge in [-0.2, -0.15) is 0 Å². The molecule has 192 valence electrons. The second-order valence-corrected chi connectivity index (χ2v) is 9.91. The van der Waals surface area contributed by atoms with Crippen LogP contribution in [0.2, 0.25) is 0 Å². The monoisotopic (exact) mass is 531 g/mol. The number of hydrogen-bond donors (Lipinski definition) is 0. The molecule has 0 aliphatic carbocycles. The van der Waals surface area contributed by atoms with E-state index in [-0.39, 0.29) is 4.67 Å². The second kappa shape index (κ2) is 7.56. The fourth-order valence-corrected chi connectivity index (χ4v) is 7.75. The van der Waals surface area contributed by atoms with Crippen LogP contribution in [0.25, 0.3) is 0 Å². The Labute approximate surface area is 177 Å². The van der Waals surface area contributed by atoms with E-state index in [0.29, 0.717) is 12.1 Å². The molecule has 1 heterocycles. The molecule has 0 N–H and O–H groups in total. The molecule has 0 saturated carbocycles. The molecule has 0 unspecified atom stereocenters. The maximum absolute atomic E-state index is 16.8. The average Bonchev–Trinajstić information content (AvgIpc) is 2.94. The van der Waals surface area contributed by atoms with Crippen molar-refractivity contribution in [1.82, 2.24) is 4.67 Å². The number of alkyl halides is 12. The molecule has 1 aliphatic heterocycles. The van der Waals surface area contributed by atoms with E-state index >= 15 is 4.20 Å². The van der Waals surface area contributed by atoms with Gasteiger partial charge in [-0.1, -0.05) is 0 Å². The van der Waals surface area contributed by atoms with Crippen LogP contribution in [0.15, 0.2) is 30.3 Å². The van der Waals surface area contributed by atoms with Crippen molar-refractivity contribution >= 4 is 12.8 Å². The first-order valence-corrected chi connectivity index (χ1v) is 10.8. The number of nitrogens with zero attached hydrogens (tertiary/aromatic N) is 1. The summed E-state index contributed by atoms with van der Waals surface area (Å²) < 4.78 is 190. The Bertz CT molecular complexity index is 790. The standard InChI is InChI=1S/C16H15F13NO2P/c1-3-30(4-2)33(29,10-8-6-5-7-9-10)31-11(13(17,18)19,14(20,21)22)12(32-33,15(23,24)25)16(26,27)28/h5-9H,3-4H2,1-2H3. The molecule has 0 radical (unpaired) electrons. The van der Waals surface area contributed by atoms with Crippen LogP contribution in [0.3, 0.4) is 0 Å². The van der Waals surface area contributed by atoms with Crippen LogP contribution in [-0.4, -0.2) is 53.7 Å². The molecule has 1 fully saturated rings. The molecule has 33 heavy (non-hydrogen) atoms. The first kappa shape index (κ1) is 27.9. The summed E-state index contributed by atoms with van der Waals surface area (Å²) >= 11 is 0. The van der Waals surface area contributed by atoms with Crippen molar-refractivity contribution in [2.45, 2.75) is 49.8 Å². The summed E-state index contributed by atoms with van der Waals surface area (Å²) in [7, 11) is -7.92. The average molecular weight is 531 g/mol. The van der Waals surface area contributed by atoms with Crippen LogP contribution in [-0.2, 0) is 9.05 Å². The van der Waals surface area contributed by atoms with Crippen molar-refractivity contribution in [3.63, 3.8) is 0 Å². The molecule has 1 saturated heterocycles. The molecule has 1 aromatic rings. The van der Waals surface area contributed by atoms with E-state index in [1.807, 2.05) is 0 Å². The van der Waals surface area contributed by atoms with Gasteiger partial charge in [0.15, 0.2) is 0 Å². The predicted molar refractivity (Wildman–Crippen MR) is 88.9 cm³/mol. The van der Waals surface area contributed by atoms with Crippen LogP contribution in [0.5, 0.6) is 0 Å². The molecule has 0 atom stereocenters. The molecule has 0 aromatic heterocycles. The van der Waals surface area contributed by atoms with Crippen molar-refractivity contribution in [3.8, 4) is 0 Å². The third-order valence-electron chi connectivity index (χ3n) is 5.07. The van der Waals surface area contributed by atoms with Crippen LogP contribution < -0.4 is 5.30 Å². The molecule has 3 nitrogen and oxygen atoms in total. The van der Waals surface area contributed by atoms with Gasteiger partial charge >= 0.3 is 177 Å². The summed E-state index contributed by atoms with van der Waals surface area (Å²) in [5.41, 5.74) is -14.4. The topological polar surface area (TPSA) is 21.7 Å². The second-order valence-electron chi connectivity index (χ2n) is 6.83. The summed E-state index contributed by atoms with van der Waals surface area (Å²) in [5, 5.41) is -1.49. The number of hydrogen-bond acceptors (Lipinski definition) is 3. The summed E-state index contributed by atoms with van der Waals surface area (Å²) in [4.78, 5) is 0. The van der Waals surface area contributed by atoms with Gasteiger partial charge in [0.1, 0.15) is 0 Å². The number of rotatable bonds is 4. The van der Waals surface area contributed by atoms with E-state index in [0.717, 1.165) is 32.0 Å². The molecule has 0 spiro atoms. The van der Waals surface area contributed by atoms with Crippen molar-refractivity contribution in [1.29, 1.82) is 0 Å². The Balaban J connectivity index is 3.27. The zero-order chi connectivity index (χ0) is 26.0. The van der Waals surface area contributed by atoms with Gasteiger partial charge in [-0.05, 0) is 0 Å². The summed E-state index contributed by atoms with van der Waals surface area (Å²) in [6, 6.07) is 3.34. The third-order valence-corrected chi connectivity index (χ3v) is 8.92.